The summed E-state index contributed by atoms with van der Waals surface area (Å²) >= 11 is 0. The maximum atomic E-state index is 11.3. The van der Waals surface area contributed by atoms with Gasteiger partial charge in [0.25, 0.3) is 0 Å². The number of aryl methyl sites for hydroxylation is 1. The maximum absolute atomic E-state index is 11.3. The van der Waals surface area contributed by atoms with Gasteiger partial charge in [-0.05, 0) is 24.7 Å². The Kier molecular flexibility index (Phi) is 3.20. The minimum atomic E-state index is -0.871. The van der Waals surface area contributed by atoms with Crippen LogP contribution in [0.2, 0.25) is 0 Å². The van der Waals surface area contributed by atoms with Gasteiger partial charge in [0.15, 0.2) is 5.58 Å². The number of carboxylic acids is 1. The van der Waals surface area contributed by atoms with Crippen molar-refractivity contribution in [1.29, 1.82) is 0 Å². The van der Waals surface area contributed by atoms with E-state index in [1.807, 2.05) is 6.07 Å². The molecule has 0 bridgehead atoms. The van der Waals surface area contributed by atoms with Gasteiger partial charge in [-0.2, -0.15) is 0 Å². The van der Waals surface area contributed by atoms with Gasteiger partial charge in [-0.1, -0.05) is 6.07 Å². The molecular formula is C12H14N2O4. The Morgan fingerprint density at radius 2 is 2.22 bits per heavy atom. The van der Waals surface area contributed by atoms with Crippen molar-refractivity contribution in [3.05, 3.63) is 34.3 Å². The second-order valence-electron chi connectivity index (χ2n) is 4.30. The number of fused-ring (bicyclic) bond motifs is 1. The molecular weight excluding hydrogens is 236 g/mol. The van der Waals surface area contributed by atoms with Crippen molar-refractivity contribution in [3.8, 4) is 0 Å². The zero-order chi connectivity index (χ0) is 13.3. The molecule has 6 heteroatoms. The highest BCUT2D eigenvalue weighted by molar-refractivity contribution is 5.73. The van der Waals surface area contributed by atoms with Crippen molar-refractivity contribution in [3.63, 3.8) is 0 Å². The number of oxazole rings is 1. The second-order valence-corrected chi connectivity index (χ2v) is 4.30. The average molecular weight is 250 g/mol. The lowest BCUT2D eigenvalue weighted by molar-refractivity contribution is -0.138. The Morgan fingerprint density at radius 3 is 2.89 bits per heavy atom. The lowest BCUT2D eigenvalue weighted by Gasteiger charge is -2.13. The van der Waals surface area contributed by atoms with Crippen LogP contribution in [-0.2, 0) is 18.4 Å². The summed E-state index contributed by atoms with van der Waals surface area (Å²) < 4.78 is 6.51. The number of aromatic nitrogens is 1. The van der Waals surface area contributed by atoms with E-state index in [-0.39, 0.29) is 6.54 Å². The fourth-order valence-corrected chi connectivity index (χ4v) is 1.88. The quantitative estimate of drug-likeness (QED) is 0.862. The van der Waals surface area contributed by atoms with Gasteiger partial charge in [-0.15, -0.1) is 0 Å². The van der Waals surface area contributed by atoms with Crippen LogP contribution in [0.1, 0.15) is 5.56 Å². The van der Waals surface area contributed by atoms with Gasteiger partial charge in [0, 0.05) is 13.6 Å². The van der Waals surface area contributed by atoms with Crippen molar-refractivity contribution >= 4 is 17.1 Å². The molecule has 96 valence electrons. The molecule has 0 fully saturated rings. The molecule has 0 aliphatic rings. The molecule has 2 aromatic rings. The molecule has 2 rings (SSSR count). The van der Waals surface area contributed by atoms with Crippen LogP contribution in [0, 0.1) is 0 Å². The number of hydrogen-bond donors (Lipinski definition) is 1. The Hall–Kier alpha value is -2.08. The summed E-state index contributed by atoms with van der Waals surface area (Å²) in [5.41, 5.74) is 2.15. The zero-order valence-electron chi connectivity index (χ0n) is 10.2. The number of hydrogen-bond acceptors (Lipinski definition) is 4. The first-order chi connectivity index (χ1) is 8.47. The fraction of sp³-hybridized carbons (Fsp3) is 0.333. The summed E-state index contributed by atoms with van der Waals surface area (Å²) in [6, 6.07) is 5.41. The number of aliphatic carboxylic acids is 1. The number of benzene rings is 1. The Labute approximate surface area is 103 Å². The van der Waals surface area contributed by atoms with Crippen LogP contribution in [0.15, 0.2) is 27.4 Å². The third-order valence-electron chi connectivity index (χ3n) is 2.71. The minimum Gasteiger partial charge on any atom is -0.480 e. The number of likely N-dealkylation sites (N-methyl/N-ethyl adjacent to an activating group) is 1. The van der Waals surface area contributed by atoms with Crippen molar-refractivity contribution in [1.82, 2.24) is 9.47 Å². The summed E-state index contributed by atoms with van der Waals surface area (Å²) in [4.78, 5) is 23.6. The van der Waals surface area contributed by atoms with E-state index in [1.54, 1.807) is 31.1 Å². The summed E-state index contributed by atoms with van der Waals surface area (Å²) in [6.45, 7) is 0.456. The van der Waals surface area contributed by atoms with E-state index < -0.39 is 11.7 Å². The van der Waals surface area contributed by atoms with Crippen molar-refractivity contribution < 1.29 is 14.3 Å². The van der Waals surface area contributed by atoms with Crippen LogP contribution in [-0.4, -0.2) is 34.1 Å². The maximum Gasteiger partial charge on any atom is 0.419 e. The van der Waals surface area contributed by atoms with Gasteiger partial charge in [-0.3, -0.25) is 14.3 Å². The summed E-state index contributed by atoms with van der Waals surface area (Å²) in [6.07, 6.45) is 0. The van der Waals surface area contributed by atoms with E-state index in [0.29, 0.717) is 12.1 Å². The lowest BCUT2D eigenvalue weighted by Crippen LogP contribution is -2.25. The standard InChI is InChI=1S/C12H14N2O4/c1-13(7-11(15)16)6-8-3-4-9-10(5-8)18-12(17)14(9)2/h3-5H,6-7H2,1-2H3,(H,15,16). The van der Waals surface area contributed by atoms with Gasteiger partial charge in [-0.25, -0.2) is 4.79 Å². The lowest BCUT2D eigenvalue weighted by atomic mass is 10.2. The molecule has 0 amide bonds. The van der Waals surface area contributed by atoms with E-state index in [4.69, 9.17) is 9.52 Å². The molecule has 0 spiro atoms. The third kappa shape index (κ3) is 2.43. The highest BCUT2D eigenvalue weighted by Gasteiger charge is 2.09. The molecule has 0 saturated heterocycles. The van der Waals surface area contributed by atoms with Crippen molar-refractivity contribution in [2.45, 2.75) is 6.54 Å². The van der Waals surface area contributed by atoms with E-state index in [1.165, 1.54) is 4.57 Å². The fourth-order valence-electron chi connectivity index (χ4n) is 1.88. The van der Waals surface area contributed by atoms with Gasteiger partial charge in [0.2, 0.25) is 0 Å². The molecule has 1 heterocycles. The smallest absolute Gasteiger partial charge is 0.419 e. The Morgan fingerprint density at radius 1 is 1.50 bits per heavy atom. The molecule has 18 heavy (non-hydrogen) atoms. The van der Waals surface area contributed by atoms with Gasteiger partial charge in [0.1, 0.15) is 0 Å². The Bertz CT molecular complexity index is 641. The van der Waals surface area contributed by atoms with E-state index in [0.717, 1.165) is 11.1 Å². The van der Waals surface area contributed by atoms with Gasteiger partial charge >= 0.3 is 11.7 Å². The average Bonchev–Trinajstić information content (AvgIpc) is 2.53. The van der Waals surface area contributed by atoms with Crippen molar-refractivity contribution in [2.24, 2.45) is 7.05 Å². The SMILES string of the molecule is CN(CC(=O)O)Cc1ccc2c(c1)oc(=O)n2C. The second kappa shape index (κ2) is 4.66. The van der Waals surface area contributed by atoms with Crippen LogP contribution < -0.4 is 5.76 Å². The number of nitrogens with zero attached hydrogens (tertiary/aromatic N) is 2. The first kappa shape index (κ1) is 12.4. The van der Waals surface area contributed by atoms with E-state index in [9.17, 15) is 9.59 Å². The summed E-state index contributed by atoms with van der Waals surface area (Å²) in [5, 5.41) is 8.67. The van der Waals surface area contributed by atoms with Crippen molar-refractivity contribution in [2.75, 3.05) is 13.6 Å². The number of carboxylic acid groups (broad SMARTS) is 1. The molecule has 0 atom stereocenters. The number of carbonyl (C=O) groups is 1. The molecule has 1 N–H and O–H groups in total. The minimum absolute atomic E-state index is 0.0310. The highest BCUT2D eigenvalue weighted by Crippen LogP contribution is 2.15. The summed E-state index contributed by atoms with van der Waals surface area (Å²) in [7, 11) is 3.36. The predicted molar refractivity (Wildman–Crippen MR) is 65.4 cm³/mol. The number of rotatable bonds is 4. The van der Waals surface area contributed by atoms with E-state index >= 15 is 0 Å². The topological polar surface area (TPSA) is 75.7 Å². The molecule has 0 aliphatic carbocycles. The first-order valence-corrected chi connectivity index (χ1v) is 5.46. The predicted octanol–water partition coefficient (Wildman–Crippen LogP) is 0.648. The van der Waals surface area contributed by atoms with Crippen LogP contribution in [0.25, 0.3) is 11.1 Å². The van der Waals surface area contributed by atoms with Crippen LogP contribution in [0.4, 0.5) is 0 Å². The molecule has 6 nitrogen and oxygen atoms in total. The molecule has 0 unspecified atom stereocenters. The van der Waals surface area contributed by atoms with Crippen LogP contribution in [0.5, 0.6) is 0 Å². The van der Waals surface area contributed by atoms with Gasteiger partial charge in [0.05, 0.1) is 12.1 Å². The third-order valence-corrected chi connectivity index (χ3v) is 2.71. The molecule has 1 aromatic carbocycles. The molecule has 0 radical (unpaired) electrons. The molecule has 1 aromatic heterocycles. The Balaban J connectivity index is 2.25. The highest BCUT2D eigenvalue weighted by atomic mass is 16.4. The van der Waals surface area contributed by atoms with Gasteiger partial charge < -0.3 is 9.52 Å². The largest absolute Gasteiger partial charge is 0.480 e. The first-order valence-electron chi connectivity index (χ1n) is 5.46. The van der Waals surface area contributed by atoms with Crippen LogP contribution >= 0.6 is 0 Å². The van der Waals surface area contributed by atoms with E-state index in [2.05, 4.69) is 0 Å². The zero-order valence-corrected chi connectivity index (χ0v) is 10.2. The monoisotopic (exact) mass is 250 g/mol. The normalized spacial score (nSPS) is 11.3. The summed E-state index contributed by atoms with van der Waals surface area (Å²) in [5.74, 6) is -1.27. The molecule has 0 aliphatic heterocycles. The molecule has 0 saturated carbocycles. The van der Waals surface area contributed by atoms with Crippen LogP contribution in [0.3, 0.4) is 0 Å².